The predicted molar refractivity (Wildman–Crippen MR) is 139 cm³/mol. The fraction of sp³-hybridized carbons (Fsp3) is 0.370. The molecule has 1 aliphatic rings. The first-order valence-electron chi connectivity index (χ1n) is 12.4. The van der Waals surface area contributed by atoms with Crippen molar-refractivity contribution in [3.8, 4) is 11.5 Å². The first-order valence-corrected chi connectivity index (χ1v) is 12.4. The number of ether oxygens (including phenoxy) is 2. The number of unbranched alkanes of at least 4 members (excludes halogenated alkanes) is 5. The molecule has 0 aromatic heterocycles. The van der Waals surface area contributed by atoms with E-state index in [1.807, 2.05) is 6.92 Å². The lowest BCUT2D eigenvalue weighted by atomic mass is 10.1. The van der Waals surface area contributed by atoms with Crippen molar-refractivity contribution in [2.24, 2.45) is 0 Å². The molecule has 1 heterocycles. The fourth-order valence-electron chi connectivity index (χ4n) is 3.85. The van der Waals surface area contributed by atoms with Crippen LogP contribution in [0.2, 0.25) is 0 Å². The van der Waals surface area contributed by atoms with Crippen LogP contribution in [0.15, 0.2) is 48.0 Å². The van der Waals surface area contributed by atoms with Gasteiger partial charge in [0.2, 0.25) is 0 Å². The van der Waals surface area contributed by atoms with E-state index < -0.39 is 22.8 Å². The van der Waals surface area contributed by atoms with Gasteiger partial charge in [-0.3, -0.25) is 25.0 Å². The molecule has 0 radical (unpaired) electrons. The van der Waals surface area contributed by atoms with Gasteiger partial charge in [-0.1, -0.05) is 45.1 Å². The zero-order chi connectivity index (χ0) is 26.8. The molecule has 0 atom stereocenters. The fourth-order valence-corrected chi connectivity index (χ4v) is 3.85. The topological polar surface area (TPSA) is 128 Å². The van der Waals surface area contributed by atoms with Crippen molar-refractivity contribution in [2.45, 2.75) is 52.4 Å². The monoisotopic (exact) mass is 509 g/mol. The first-order chi connectivity index (χ1) is 17.8. The Kier molecular flexibility index (Phi) is 9.76. The summed E-state index contributed by atoms with van der Waals surface area (Å²) < 4.78 is 11.6. The van der Waals surface area contributed by atoms with Gasteiger partial charge in [0.05, 0.1) is 23.8 Å². The normalized spacial score (nSPS) is 14.6. The number of nitro groups is 1. The molecule has 0 aliphatic carbocycles. The lowest BCUT2D eigenvalue weighted by Gasteiger charge is -2.26. The van der Waals surface area contributed by atoms with Gasteiger partial charge in [0.15, 0.2) is 11.5 Å². The molecule has 1 fully saturated rings. The second-order valence-electron chi connectivity index (χ2n) is 8.49. The van der Waals surface area contributed by atoms with Crippen LogP contribution in [0.1, 0.15) is 57.9 Å². The number of anilines is 1. The Balaban J connectivity index is 1.77. The zero-order valence-corrected chi connectivity index (χ0v) is 21.0. The van der Waals surface area contributed by atoms with Crippen LogP contribution in [0.5, 0.6) is 11.5 Å². The Hall–Kier alpha value is -4.21. The molecule has 3 rings (SSSR count). The van der Waals surface area contributed by atoms with Crippen LogP contribution in [-0.4, -0.2) is 36.0 Å². The van der Waals surface area contributed by atoms with Crippen molar-refractivity contribution in [3.63, 3.8) is 0 Å². The summed E-state index contributed by atoms with van der Waals surface area (Å²) in [7, 11) is 0. The summed E-state index contributed by atoms with van der Waals surface area (Å²) in [6, 6.07) is 9.04. The second kappa shape index (κ2) is 13.2. The Bertz CT molecular complexity index is 1180. The van der Waals surface area contributed by atoms with E-state index in [9.17, 15) is 24.5 Å². The Morgan fingerprint density at radius 2 is 1.62 bits per heavy atom. The lowest BCUT2D eigenvalue weighted by Crippen LogP contribution is -2.54. The van der Waals surface area contributed by atoms with E-state index in [1.165, 1.54) is 56.0 Å². The van der Waals surface area contributed by atoms with E-state index in [-0.39, 0.29) is 16.9 Å². The molecule has 4 amide bonds. The van der Waals surface area contributed by atoms with Crippen LogP contribution in [0.4, 0.5) is 16.2 Å². The number of benzene rings is 2. The van der Waals surface area contributed by atoms with Gasteiger partial charge in [0.25, 0.3) is 17.5 Å². The third-order valence-corrected chi connectivity index (χ3v) is 5.75. The number of hydrogen-bond acceptors (Lipinski definition) is 7. The van der Waals surface area contributed by atoms with Gasteiger partial charge in [-0.05, 0) is 49.2 Å². The predicted octanol–water partition coefficient (Wildman–Crippen LogP) is 5.40. The number of nitrogens with zero attached hydrogens (tertiary/aromatic N) is 2. The minimum absolute atomic E-state index is 0.0972. The summed E-state index contributed by atoms with van der Waals surface area (Å²) in [4.78, 5) is 49.1. The molecule has 1 aliphatic heterocycles. The van der Waals surface area contributed by atoms with E-state index >= 15 is 0 Å². The van der Waals surface area contributed by atoms with Gasteiger partial charge < -0.3 is 9.47 Å². The largest absolute Gasteiger partial charge is 0.490 e. The van der Waals surface area contributed by atoms with E-state index in [0.29, 0.717) is 30.3 Å². The van der Waals surface area contributed by atoms with Crippen molar-refractivity contribution < 1.29 is 28.8 Å². The van der Waals surface area contributed by atoms with Gasteiger partial charge in [0, 0.05) is 12.1 Å². The van der Waals surface area contributed by atoms with Crippen LogP contribution in [0.25, 0.3) is 6.08 Å². The van der Waals surface area contributed by atoms with Gasteiger partial charge in [-0.15, -0.1) is 0 Å². The molecule has 0 unspecified atom stereocenters. The van der Waals surface area contributed by atoms with Gasteiger partial charge in [-0.25, -0.2) is 9.69 Å². The quantitative estimate of drug-likeness (QED) is 0.126. The highest BCUT2D eigenvalue weighted by Crippen LogP contribution is 2.31. The van der Waals surface area contributed by atoms with Crippen molar-refractivity contribution in [1.29, 1.82) is 0 Å². The number of carbonyl (C=O) groups excluding carboxylic acids is 3. The summed E-state index contributed by atoms with van der Waals surface area (Å²) in [5, 5.41) is 13.0. The number of barbiturate groups is 1. The number of non-ortho nitro benzene ring substituents is 1. The molecule has 196 valence electrons. The second-order valence-corrected chi connectivity index (χ2v) is 8.49. The third-order valence-electron chi connectivity index (χ3n) is 5.75. The number of rotatable bonds is 13. The highest BCUT2D eigenvalue weighted by molar-refractivity contribution is 6.39. The van der Waals surface area contributed by atoms with Crippen molar-refractivity contribution in [2.75, 3.05) is 18.1 Å². The van der Waals surface area contributed by atoms with Crippen LogP contribution < -0.4 is 19.7 Å². The maximum absolute atomic E-state index is 13.1. The van der Waals surface area contributed by atoms with Crippen LogP contribution >= 0.6 is 0 Å². The Labute approximate surface area is 215 Å². The van der Waals surface area contributed by atoms with Crippen molar-refractivity contribution >= 4 is 35.3 Å². The maximum atomic E-state index is 13.1. The molecule has 2 aromatic rings. The molecule has 1 saturated heterocycles. The van der Waals surface area contributed by atoms with E-state index in [1.54, 1.807) is 18.2 Å². The first kappa shape index (κ1) is 27.4. The SMILES string of the molecule is CCCCCCCCOc1ccc(/C=C2/C(=O)NC(=O)N(c3ccc([N+](=O)[O-])cc3)C2=O)cc1OCC. The molecule has 0 saturated carbocycles. The smallest absolute Gasteiger partial charge is 0.335 e. The van der Waals surface area contributed by atoms with Crippen molar-refractivity contribution in [3.05, 3.63) is 63.7 Å². The third kappa shape index (κ3) is 7.16. The molecular formula is C27H31N3O7. The highest BCUT2D eigenvalue weighted by atomic mass is 16.6. The van der Waals surface area contributed by atoms with Crippen LogP contribution in [0, 0.1) is 10.1 Å². The van der Waals surface area contributed by atoms with Gasteiger partial charge in [0.1, 0.15) is 5.57 Å². The standard InChI is InChI=1S/C27H31N3O7/c1-3-5-6-7-8-9-16-37-23-15-10-19(18-24(23)36-4-2)17-22-25(31)28-27(33)29(26(22)32)20-11-13-21(14-12-20)30(34)35/h10-15,17-18H,3-9,16H2,1-2H3,(H,28,31,33)/b22-17-. The summed E-state index contributed by atoms with van der Waals surface area (Å²) >= 11 is 0. The molecule has 2 aromatic carbocycles. The summed E-state index contributed by atoms with van der Waals surface area (Å²) in [5.41, 5.74) is 0.149. The van der Waals surface area contributed by atoms with E-state index in [0.717, 1.165) is 17.7 Å². The minimum Gasteiger partial charge on any atom is -0.490 e. The minimum atomic E-state index is -0.936. The van der Waals surface area contributed by atoms with Gasteiger partial charge >= 0.3 is 6.03 Å². The number of hydrogen-bond donors (Lipinski definition) is 1. The molecule has 37 heavy (non-hydrogen) atoms. The number of nitrogens with one attached hydrogen (secondary N) is 1. The Morgan fingerprint density at radius 3 is 2.30 bits per heavy atom. The van der Waals surface area contributed by atoms with Crippen LogP contribution in [-0.2, 0) is 9.59 Å². The van der Waals surface area contributed by atoms with Gasteiger partial charge in [-0.2, -0.15) is 0 Å². The molecular weight excluding hydrogens is 478 g/mol. The number of urea groups is 1. The molecule has 0 bridgehead atoms. The lowest BCUT2D eigenvalue weighted by molar-refractivity contribution is -0.384. The summed E-state index contributed by atoms with van der Waals surface area (Å²) in [6.07, 6.45) is 8.24. The average Bonchev–Trinajstić information content (AvgIpc) is 2.87. The van der Waals surface area contributed by atoms with E-state index in [2.05, 4.69) is 12.2 Å². The Morgan fingerprint density at radius 1 is 0.919 bits per heavy atom. The molecule has 0 spiro atoms. The maximum Gasteiger partial charge on any atom is 0.335 e. The highest BCUT2D eigenvalue weighted by Gasteiger charge is 2.37. The molecule has 10 heteroatoms. The average molecular weight is 510 g/mol. The number of nitro benzene ring substituents is 1. The number of amides is 4. The van der Waals surface area contributed by atoms with E-state index in [4.69, 9.17) is 9.47 Å². The van der Waals surface area contributed by atoms with Crippen molar-refractivity contribution in [1.82, 2.24) is 5.32 Å². The van der Waals surface area contributed by atoms with Crippen LogP contribution in [0.3, 0.4) is 0 Å². The summed E-state index contributed by atoms with van der Waals surface area (Å²) in [5.74, 6) is -0.632. The molecule has 10 nitrogen and oxygen atoms in total. The number of carbonyl (C=O) groups is 3. The zero-order valence-electron chi connectivity index (χ0n) is 21.0. The summed E-state index contributed by atoms with van der Waals surface area (Å²) in [6.45, 7) is 4.98. The number of imide groups is 2. The molecule has 1 N–H and O–H groups in total.